The number of rotatable bonds is 3. The maximum Gasteiger partial charge on any atom is 0.341 e. The van der Waals surface area contributed by atoms with E-state index in [0.717, 1.165) is 5.56 Å². The number of hydrogen-bond donors (Lipinski definition) is 0. The molecule has 84 valence electrons. The van der Waals surface area contributed by atoms with Gasteiger partial charge in [-0.1, -0.05) is 12.1 Å². The SMILES string of the molecule is N#Cc1ccc(COC(=O)c2ccoc2)cc1. The Morgan fingerprint density at radius 1 is 1.29 bits per heavy atom. The first-order valence-electron chi connectivity index (χ1n) is 4.98. The highest BCUT2D eigenvalue weighted by atomic mass is 16.5. The third-order valence-corrected chi connectivity index (χ3v) is 2.21. The van der Waals surface area contributed by atoms with E-state index in [1.54, 1.807) is 30.3 Å². The molecule has 2 aromatic rings. The van der Waals surface area contributed by atoms with Gasteiger partial charge in [-0.15, -0.1) is 0 Å². The summed E-state index contributed by atoms with van der Waals surface area (Å²) in [5, 5.41) is 8.63. The van der Waals surface area contributed by atoms with Crippen molar-refractivity contribution in [2.24, 2.45) is 0 Å². The summed E-state index contributed by atoms with van der Waals surface area (Å²) in [6.45, 7) is 0.176. The fourth-order valence-electron chi connectivity index (χ4n) is 1.29. The van der Waals surface area contributed by atoms with E-state index < -0.39 is 5.97 Å². The third-order valence-electron chi connectivity index (χ3n) is 2.21. The van der Waals surface area contributed by atoms with Gasteiger partial charge in [0.25, 0.3) is 0 Å². The molecule has 0 aliphatic heterocycles. The fraction of sp³-hybridized carbons (Fsp3) is 0.0769. The van der Waals surface area contributed by atoms with E-state index in [0.29, 0.717) is 11.1 Å². The van der Waals surface area contributed by atoms with Crippen molar-refractivity contribution in [1.29, 1.82) is 5.26 Å². The van der Waals surface area contributed by atoms with Gasteiger partial charge in [-0.3, -0.25) is 0 Å². The zero-order chi connectivity index (χ0) is 12.1. The molecule has 0 unspecified atom stereocenters. The first kappa shape index (κ1) is 11.0. The second kappa shape index (κ2) is 4.99. The molecule has 0 bridgehead atoms. The van der Waals surface area contributed by atoms with Crippen LogP contribution in [0.25, 0.3) is 0 Å². The molecular formula is C13H9NO3. The number of benzene rings is 1. The number of carbonyl (C=O) groups excluding carboxylic acids is 1. The number of hydrogen-bond acceptors (Lipinski definition) is 4. The first-order valence-corrected chi connectivity index (χ1v) is 4.98. The summed E-state index contributed by atoms with van der Waals surface area (Å²) in [4.78, 5) is 11.5. The van der Waals surface area contributed by atoms with Gasteiger partial charge >= 0.3 is 5.97 Å². The summed E-state index contributed by atoms with van der Waals surface area (Å²) in [5.41, 5.74) is 1.80. The Morgan fingerprint density at radius 3 is 2.65 bits per heavy atom. The Kier molecular flexibility index (Phi) is 3.22. The second-order valence-electron chi connectivity index (χ2n) is 3.40. The highest BCUT2D eigenvalue weighted by Gasteiger charge is 2.08. The predicted molar refractivity (Wildman–Crippen MR) is 59.0 cm³/mol. The molecule has 1 heterocycles. The summed E-state index contributed by atoms with van der Waals surface area (Å²) < 4.78 is 9.85. The maximum absolute atomic E-state index is 11.5. The number of nitrogens with zero attached hydrogens (tertiary/aromatic N) is 1. The average Bonchev–Trinajstić information content (AvgIpc) is 2.90. The van der Waals surface area contributed by atoms with E-state index in [-0.39, 0.29) is 6.61 Å². The molecular weight excluding hydrogens is 218 g/mol. The van der Waals surface area contributed by atoms with Gasteiger partial charge < -0.3 is 9.15 Å². The lowest BCUT2D eigenvalue weighted by molar-refractivity contribution is 0.0472. The Bertz CT molecular complexity index is 535. The Morgan fingerprint density at radius 2 is 2.06 bits per heavy atom. The summed E-state index contributed by atoms with van der Waals surface area (Å²) >= 11 is 0. The van der Waals surface area contributed by atoms with Crippen molar-refractivity contribution < 1.29 is 13.9 Å². The van der Waals surface area contributed by atoms with Gasteiger partial charge in [0, 0.05) is 0 Å². The van der Waals surface area contributed by atoms with Crippen LogP contribution in [0.2, 0.25) is 0 Å². The van der Waals surface area contributed by atoms with Crippen molar-refractivity contribution in [3.05, 3.63) is 59.5 Å². The number of esters is 1. The molecule has 0 saturated carbocycles. The zero-order valence-corrected chi connectivity index (χ0v) is 8.92. The Balaban J connectivity index is 1.94. The van der Waals surface area contributed by atoms with Crippen molar-refractivity contribution in [3.8, 4) is 6.07 Å². The van der Waals surface area contributed by atoms with Crippen LogP contribution in [0.3, 0.4) is 0 Å². The van der Waals surface area contributed by atoms with Crippen molar-refractivity contribution in [2.75, 3.05) is 0 Å². The zero-order valence-electron chi connectivity index (χ0n) is 8.92. The topological polar surface area (TPSA) is 63.2 Å². The lowest BCUT2D eigenvalue weighted by Gasteiger charge is -2.03. The molecule has 0 fully saturated rings. The Hall–Kier alpha value is -2.54. The van der Waals surface area contributed by atoms with E-state index in [1.807, 2.05) is 6.07 Å². The minimum Gasteiger partial charge on any atom is -0.472 e. The smallest absolute Gasteiger partial charge is 0.341 e. The summed E-state index contributed by atoms with van der Waals surface area (Å²) in [6, 6.07) is 10.4. The van der Waals surface area contributed by atoms with Crippen LogP contribution in [0.5, 0.6) is 0 Å². The second-order valence-corrected chi connectivity index (χ2v) is 3.40. The highest BCUT2D eigenvalue weighted by Crippen LogP contribution is 2.08. The van der Waals surface area contributed by atoms with Crippen LogP contribution in [0, 0.1) is 11.3 Å². The van der Waals surface area contributed by atoms with Crippen molar-refractivity contribution in [1.82, 2.24) is 0 Å². The molecule has 0 saturated heterocycles. The largest absolute Gasteiger partial charge is 0.472 e. The lowest BCUT2D eigenvalue weighted by atomic mass is 10.2. The molecule has 0 amide bonds. The molecule has 1 aromatic carbocycles. The predicted octanol–water partition coefficient (Wildman–Crippen LogP) is 2.51. The highest BCUT2D eigenvalue weighted by molar-refractivity contribution is 5.88. The van der Waals surface area contributed by atoms with E-state index in [2.05, 4.69) is 0 Å². The molecule has 0 atom stereocenters. The van der Waals surface area contributed by atoms with Gasteiger partial charge in [-0.25, -0.2) is 4.79 Å². The molecule has 0 N–H and O–H groups in total. The fourth-order valence-corrected chi connectivity index (χ4v) is 1.29. The number of nitriles is 1. The van der Waals surface area contributed by atoms with Gasteiger partial charge in [0.2, 0.25) is 0 Å². The number of carbonyl (C=O) groups is 1. The van der Waals surface area contributed by atoms with Crippen LogP contribution in [0.1, 0.15) is 21.5 Å². The van der Waals surface area contributed by atoms with Crippen molar-refractivity contribution in [3.63, 3.8) is 0 Å². The van der Waals surface area contributed by atoms with Gasteiger partial charge in [-0.05, 0) is 23.8 Å². The number of ether oxygens (including phenoxy) is 1. The van der Waals surface area contributed by atoms with Crippen LogP contribution >= 0.6 is 0 Å². The summed E-state index contributed by atoms with van der Waals surface area (Å²) in [5.74, 6) is -0.428. The van der Waals surface area contributed by atoms with Crippen LogP contribution in [-0.4, -0.2) is 5.97 Å². The van der Waals surface area contributed by atoms with Crippen molar-refractivity contribution >= 4 is 5.97 Å². The molecule has 0 spiro atoms. The standard InChI is InChI=1S/C13H9NO3/c14-7-10-1-3-11(4-2-10)8-17-13(15)12-5-6-16-9-12/h1-6,9H,8H2. The quantitative estimate of drug-likeness (QED) is 0.756. The van der Waals surface area contributed by atoms with Crippen LogP contribution in [0.4, 0.5) is 0 Å². The maximum atomic E-state index is 11.5. The van der Waals surface area contributed by atoms with Gasteiger partial charge in [0.05, 0.1) is 23.5 Å². The molecule has 4 heteroatoms. The van der Waals surface area contributed by atoms with Gasteiger partial charge in [0.15, 0.2) is 0 Å². The lowest BCUT2D eigenvalue weighted by Crippen LogP contribution is -2.03. The monoisotopic (exact) mass is 227 g/mol. The average molecular weight is 227 g/mol. The molecule has 0 aliphatic carbocycles. The van der Waals surface area contributed by atoms with E-state index in [9.17, 15) is 4.79 Å². The van der Waals surface area contributed by atoms with Gasteiger partial charge in [0.1, 0.15) is 12.9 Å². The Labute approximate surface area is 98.0 Å². The molecule has 2 rings (SSSR count). The van der Waals surface area contributed by atoms with Crippen LogP contribution in [-0.2, 0) is 11.3 Å². The molecule has 17 heavy (non-hydrogen) atoms. The van der Waals surface area contributed by atoms with E-state index >= 15 is 0 Å². The number of furan rings is 1. The first-order chi connectivity index (χ1) is 8.29. The van der Waals surface area contributed by atoms with Crippen LogP contribution in [0.15, 0.2) is 47.3 Å². The van der Waals surface area contributed by atoms with Crippen LogP contribution < -0.4 is 0 Å². The third kappa shape index (κ3) is 2.73. The molecule has 4 nitrogen and oxygen atoms in total. The minimum absolute atomic E-state index is 0.176. The summed E-state index contributed by atoms with van der Waals surface area (Å²) in [7, 11) is 0. The normalized spacial score (nSPS) is 9.59. The molecule has 0 radical (unpaired) electrons. The van der Waals surface area contributed by atoms with E-state index in [4.69, 9.17) is 14.4 Å². The van der Waals surface area contributed by atoms with Crippen molar-refractivity contribution in [2.45, 2.75) is 6.61 Å². The van der Waals surface area contributed by atoms with Gasteiger partial charge in [-0.2, -0.15) is 5.26 Å². The minimum atomic E-state index is -0.428. The summed E-state index contributed by atoms with van der Waals surface area (Å²) in [6.07, 6.45) is 2.75. The molecule has 0 aliphatic rings. The molecule has 1 aromatic heterocycles. The van der Waals surface area contributed by atoms with E-state index in [1.165, 1.54) is 12.5 Å².